The fraction of sp³-hybridized carbons (Fsp3) is 0.379. The van der Waals surface area contributed by atoms with Gasteiger partial charge in [-0.2, -0.15) is 0 Å². The molecule has 0 fully saturated rings. The molecule has 0 saturated carbocycles. The number of carbonyl (C=O) groups excluding carboxylic acids is 2. The molecule has 0 aliphatic rings. The van der Waals surface area contributed by atoms with Gasteiger partial charge in [0.15, 0.2) is 11.5 Å². The molecule has 1 atom stereocenters. The molecule has 1 aromatic heterocycles. The Kier molecular flexibility index (Phi) is 10.5. The van der Waals surface area contributed by atoms with Crippen molar-refractivity contribution >= 4 is 23.2 Å². The van der Waals surface area contributed by atoms with Crippen molar-refractivity contribution in [3.8, 4) is 11.5 Å². The highest BCUT2D eigenvalue weighted by molar-refractivity contribution is 7.09. The number of ether oxygens (including phenoxy) is 2. The Bertz CT molecular complexity index is 1150. The third kappa shape index (κ3) is 8.05. The summed E-state index contributed by atoms with van der Waals surface area (Å²) in [5.41, 5.74) is 1.74. The molecule has 0 aliphatic carbocycles. The lowest BCUT2D eigenvalue weighted by Crippen LogP contribution is -2.47. The Labute approximate surface area is 222 Å². The lowest BCUT2D eigenvalue weighted by atomic mass is 10.1. The maximum absolute atomic E-state index is 13.6. The van der Waals surface area contributed by atoms with Crippen molar-refractivity contribution in [1.82, 2.24) is 9.80 Å². The third-order valence-corrected chi connectivity index (χ3v) is 7.28. The lowest BCUT2D eigenvalue weighted by molar-refractivity contribution is -0.142. The van der Waals surface area contributed by atoms with Crippen LogP contribution in [0.25, 0.3) is 0 Å². The molecule has 6 nitrogen and oxygen atoms in total. The molecule has 0 radical (unpaired) electrons. The number of amides is 2. The van der Waals surface area contributed by atoms with Crippen molar-refractivity contribution in [1.29, 1.82) is 0 Å². The van der Waals surface area contributed by atoms with Crippen LogP contribution < -0.4 is 9.47 Å². The van der Waals surface area contributed by atoms with Crippen molar-refractivity contribution in [2.75, 3.05) is 27.3 Å². The summed E-state index contributed by atoms with van der Waals surface area (Å²) in [5.74, 6) is 0.697. The fourth-order valence-corrected chi connectivity index (χ4v) is 4.74. The van der Waals surface area contributed by atoms with Gasteiger partial charge >= 0.3 is 0 Å². The van der Waals surface area contributed by atoms with Crippen LogP contribution in [0.4, 0.5) is 4.39 Å². The molecule has 198 valence electrons. The van der Waals surface area contributed by atoms with Crippen LogP contribution in [-0.4, -0.2) is 55.0 Å². The summed E-state index contributed by atoms with van der Waals surface area (Å²) in [6, 6.07) is 15.5. The minimum atomic E-state index is -0.344. The number of hydrogen-bond acceptors (Lipinski definition) is 5. The van der Waals surface area contributed by atoms with E-state index >= 15 is 0 Å². The van der Waals surface area contributed by atoms with Crippen LogP contribution in [0.1, 0.15) is 36.3 Å². The lowest BCUT2D eigenvalue weighted by Gasteiger charge is -2.31. The van der Waals surface area contributed by atoms with Gasteiger partial charge in [0.1, 0.15) is 12.4 Å². The van der Waals surface area contributed by atoms with Gasteiger partial charge in [-0.3, -0.25) is 9.59 Å². The third-order valence-electron chi connectivity index (χ3n) is 6.42. The first-order valence-electron chi connectivity index (χ1n) is 12.4. The van der Waals surface area contributed by atoms with Crippen LogP contribution in [0.3, 0.4) is 0 Å². The Morgan fingerprint density at radius 1 is 0.973 bits per heavy atom. The smallest absolute Gasteiger partial charge is 0.242 e. The zero-order valence-electron chi connectivity index (χ0n) is 21.9. The second-order valence-corrected chi connectivity index (χ2v) is 9.95. The zero-order valence-corrected chi connectivity index (χ0v) is 22.7. The number of benzene rings is 2. The minimum absolute atomic E-state index is 0.00760. The molecule has 0 aliphatic heterocycles. The van der Waals surface area contributed by atoms with Crippen LogP contribution >= 0.6 is 11.3 Å². The number of thiophene rings is 1. The van der Waals surface area contributed by atoms with Gasteiger partial charge in [-0.1, -0.05) is 31.2 Å². The summed E-state index contributed by atoms with van der Waals surface area (Å²) in [6.45, 7) is 4.90. The van der Waals surface area contributed by atoms with Gasteiger partial charge in [-0.15, -0.1) is 11.3 Å². The van der Waals surface area contributed by atoms with Gasteiger partial charge < -0.3 is 19.3 Å². The Hall–Kier alpha value is -3.39. The molecule has 37 heavy (non-hydrogen) atoms. The fourth-order valence-electron chi connectivity index (χ4n) is 4.02. The monoisotopic (exact) mass is 526 g/mol. The first kappa shape index (κ1) is 28.2. The summed E-state index contributed by atoms with van der Waals surface area (Å²) in [6.07, 6.45) is 1.47. The number of methoxy groups -OCH3 is 2. The van der Waals surface area contributed by atoms with E-state index in [1.54, 1.807) is 42.6 Å². The number of nitrogens with zero attached hydrogens (tertiary/aromatic N) is 2. The highest BCUT2D eigenvalue weighted by atomic mass is 32.1. The van der Waals surface area contributed by atoms with E-state index in [0.29, 0.717) is 31.0 Å². The van der Waals surface area contributed by atoms with E-state index in [0.717, 1.165) is 22.4 Å². The summed E-state index contributed by atoms with van der Waals surface area (Å²) in [4.78, 5) is 31.3. The highest BCUT2D eigenvalue weighted by Crippen LogP contribution is 2.28. The van der Waals surface area contributed by atoms with Crippen LogP contribution in [0.5, 0.6) is 11.5 Å². The molecule has 0 bridgehead atoms. The number of rotatable bonds is 13. The molecule has 2 aromatic carbocycles. The molecule has 3 aromatic rings. The van der Waals surface area contributed by atoms with E-state index in [9.17, 15) is 14.0 Å². The number of hydrogen-bond donors (Lipinski definition) is 0. The van der Waals surface area contributed by atoms with Gasteiger partial charge in [0.2, 0.25) is 11.8 Å². The molecular formula is C29H35FN2O4S. The van der Waals surface area contributed by atoms with Gasteiger partial charge in [0.05, 0.1) is 27.2 Å². The maximum Gasteiger partial charge on any atom is 0.242 e. The Morgan fingerprint density at radius 3 is 2.30 bits per heavy atom. The van der Waals surface area contributed by atoms with Crippen LogP contribution in [0.2, 0.25) is 0 Å². The van der Waals surface area contributed by atoms with Crippen molar-refractivity contribution < 1.29 is 23.5 Å². The standard InChI is InChI=1S/C29H35FN2O4S/c1-5-21(2)32(28(33)18-22-8-11-24(30)12-9-22)20-29(34)31(19-25-7-6-16-37-25)15-14-23-10-13-26(35-3)27(17-23)36-4/h6-13,16-17,21H,5,14-15,18-20H2,1-4H3. The quantitative estimate of drug-likeness (QED) is 0.302. The molecule has 8 heteroatoms. The largest absolute Gasteiger partial charge is 0.493 e. The minimum Gasteiger partial charge on any atom is -0.493 e. The Morgan fingerprint density at radius 2 is 1.68 bits per heavy atom. The van der Waals surface area contributed by atoms with Gasteiger partial charge in [0.25, 0.3) is 0 Å². The number of halogens is 1. The van der Waals surface area contributed by atoms with Crippen molar-refractivity contribution in [2.24, 2.45) is 0 Å². The molecule has 0 N–H and O–H groups in total. The second-order valence-electron chi connectivity index (χ2n) is 8.92. The van der Waals surface area contributed by atoms with Crippen LogP contribution in [0.15, 0.2) is 60.0 Å². The molecule has 3 rings (SSSR count). The first-order chi connectivity index (χ1) is 17.8. The van der Waals surface area contributed by atoms with E-state index in [1.807, 2.05) is 54.5 Å². The van der Waals surface area contributed by atoms with E-state index in [2.05, 4.69) is 0 Å². The normalized spacial score (nSPS) is 11.6. The van der Waals surface area contributed by atoms with Crippen molar-refractivity contribution in [3.63, 3.8) is 0 Å². The molecular weight excluding hydrogens is 491 g/mol. The molecule has 2 amide bonds. The topological polar surface area (TPSA) is 59.1 Å². The summed E-state index contributed by atoms with van der Waals surface area (Å²) in [7, 11) is 3.19. The van der Waals surface area contributed by atoms with Crippen LogP contribution in [0, 0.1) is 5.82 Å². The van der Waals surface area contributed by atoms with Crippen molar-refractivity contribution in [3.05, 3.63) is 81.8 Å². The second kappa shape index (κ2) is 13.8. The SMILES string of the molecule is CCC(C)N(CC(=O)N(CCc1ccc(OC)c(OC)c1)Cc1cccs1)C(=O)Cc1ccc(F)cc1. The van der Waals surface area contributed by atoms with Gasteiger partial charge in [0, 0.05) is 17.5 Å². The van der Waals surface area contributed by atoms with Crippen LogP contribution in [-0.2, 0) is 29.0 Å². The average molecular weight is 527 g/mol. The summed E-state index contributed by atoms with van der Waals surface area (Å²) < 4.78 is 24.0. The highest BCUT2D eigenvalue weighted by Gasteiger charge is 2.25. The number of carbonyl (C=O) groups is 2. The van der Waals surface area contributed by atoms with E-state index in [4.69, 9.17) is 9.47 Å². The molecule has 0 spiro atoms. The van der Waals surface area contributed by atoms with E-state index < -0.39 is 0 Å². The predicted octanol–water partition coefficient (Wildman–Crippen LogP) is 5.35. The van der Waals surface area contributed by atoms with E-state index in [-0.39, 0.29) is 36.6 Å². The first-order valence-corrected chi connectivity index (χ1v) is 13.3. The van der Waals surface area contributed by atoms with Gasteiger partial charge in [-0.25, -0.2) is 4.39 Å². The molecule has 0 saturated heterocycles. The summed E-state index contributed by atoms with van der Waals surface area (Å²) in [5, 5.41) is 1.99. The maximum atomic E-state index is 13.6. The van der Waals surface area contributed by atoms with E-state index in [1.165, 1.54) is 12.1 Å². The average Bonchev–Trinajstić information content (AvgIpc) is 3.43. The van der Waals surface area contributed by atoms with Crippen molar-refractivity contribution in [2.45, 2.75) is 45.7 Å². The molecule has 1 unspecified atom stereocenters. The summed E-state index contributed by atoms with van der Waals surface area (Å²) >= 11 is 1.60. The molecule has 1 heterocycles. The Balaban J connectivity index is 1.75. The predicted molar refractivity (Wildman–Crippen MR) is 145 cm³/mol. The van der Waals surface area contributed by atoms with Gasteiger partial charge in [-0.05, 0) is 66.6 Å². The zero-order chi connectivity index (χ0) is 26.8.